The zero-order chi connectivity index (χ0) is 15.4. The van der Waals surface area contributed by atoms with Crippen molar-refractivity contribution in [1.82, 2.24) is 0 Å². The average molecular weight is 298 g/mol. The molecule has 0 rings (SSSR count). The maximum Gasteiger partial charge on any atom is 0.188 e. The van der Waals surface area contributed by atoms with E-state index in [1.165, 1.54) is 51.4 Å². The third-order valence-electron chi connectivity index (χ3n) is 3.43. The maximum atomic E-state index is 10.1. The van der Waals surface area contributed by atoms with Gasteiger partial charge in [0.1, 0.15) is 6.29 Å². The number of aldehydes is 1. The summed E-state index contributed by atoms with van der Waals surface area (Å²) in [6.45, 7) is 3.39. The van der Waals surface area contributed by atoms with Gasteiger partial charge in [-0.1, -0.05) is 51.9 Å². The van der Waals surface area contributed by atoms with Gasteiger partial charge in [-0.05, 0) is 31.8 Å². The first-order chi connectivity index (χ1) is 10.4. The predicted octanol–water partition coefficient (Wildman–Crippen LogP) is 5.39. The standard InChI is InChI=1S/C18H34O3/c1-2-3-4-13-16-20-18-21-17-14-11-9-7-5-6-8-10-12-15-19/h14-15,17H,2-13,16,18H2,1H3. The largest absolute Gasteiger partial charge is 0.475 e. The summed E-state index contributed by atoms with van der Waals surface area (Å²) in [7, 11) is 0. The van der Waals surface area contributed by atoms with Crippen LogP contribution in [-0.4, -0.2) is 19.7 Å². The first-order valence-electron chi connectivity index (χ1n) is 8.69. The van der Waals surface area contributed by atoms with Gasteiger partial charge in [0.25, 0.3) is 0 Å². The molecule has 0 aliphatic carbocycles. The fourth-order valence-electron chi connectivity index (χ4n) is 2.11. The van der Waals surface area contributed by atoms with Gasteiger partial charge < -0.3 is 14.3 Å². The van der Waals surface area contributed by atoms with Crippen molar-refractivity contribution in [2.45, 2.75) is 84.0 Å². The highest BCUT2D eigenvalue weighted by Crippen LogP contribution is 2.08. The lowest BCUT2D eigenvalue weighted by atomic mass is 10.1. The Bertz CT molecular complexity index is 227. The van der Waals surface area contributed by atoms with E-state index in [4.69, 9.17) is 9.47 Å². The molecule has 0 radical (unpaired) electrons. The third kappa shape index (κ3) is 19.2. The van der Waals surface area contributed by atoms with Crippen LogP contribution in [0.5, 0.6) is 0 Å². The Balaban J connectivity index is 3.03. The molecule has 0 heterocycles. The first-order valence-corrected chi connectivity index (χ1v) is 8.69. The fourth-order valence-corrected chi connectivity index (χ4v) is 2.11. The van der Waals surface area contributed by atoms with Crippen LogP contribution in [0, 0.1) is 0 Å². The second-order valence-electron chi connectivity index (χ2n) is 5.49. The predicted molar refractivity (Wildman–Crippen MR) is 88.2 cm³/mol. The van der Waals surface area contributed by atoms with Gasteiger partial charge in [0.2, 0.25) is 0 Å². The molecule has 0 saturated heterocycles. The van der Waals surface area contributed by atoms with Crippen molar-refractivity contribution in [3.63, 3.8) is 0 Å². The Hall–Kier alpha value is -0.830. The van der Waals surface area contributed by atoms with Crippen LogP contribution in [-0.2, 0) is 14.3 Å². The van der Waals surface area contributed by atoms with Crippen LogP contribution < -0.4 is 0 Å². The van der Waals surface area contributed by atoms with E-state index >= 15 is 0 Å². The van der Waals surface area contributed by atoms with Crippen LogP contribution in [0.15, 0.2) is 12.3 Å². The molecule has 0 N–H and O–H groups in total. The summed E-state index contributed by atoms with van der Waals surface area (Å²) in [5.74, 6) is 0. The fraction of sp³-hybridized carbons (Fsp3) is 0.833. The monoisotopic (exact) mass is 298 g/mol. The molecule has 21 heavy (non-hydrogen) atoms. The molecular formula is C18H34O3. The van der Waals surface area contributed by atoms with E-state index in [-0.39, 0.29) is 0 Å². The van der Waals surface area contributed by atoms with Gasteiger partial charge in [-0.15, -0.1) is 0 Å². The summed E-state index contributed by atoms with van der Waals surface area (Å²) in [5.41, 5.74) is 0. The molecule has 0 fully saturated rings. The van der Waals surface area contributed by atoms with Crippen molar-refractivity contribution in [2.24, 2.45) is 0 Å². The number of ether oxygens (including phenoxy) is 2. The maximum absolute atomic E-state index is 10.1. The normalized spacial score (nSPS) is 11.1. The van der Waals surface area contributed by atoms with E-state index in [1.807, 2.05) is 0 Å². The number of carbonyl (C=O) groups excluding carboxylic acids is 1. The zero-order valence-electron chi connectivity index (χ0n) is 13.9. The molecule has 0 spiro atoms. The highest BCUT2D eigenvalue weighted by Gasteiger charge is 1.91. The molecule has 0 bridgehead atoms. The minimum Gasteiger partial charge on any atom is -0.475 e. The molecule has 0 aromatic carbocycles. The number of hydrogen-bond donors (Lipinski definition) is 0. The smallest absolute Gasteiger partial charge is 0.188 e. The Labute approximate surface area is 131 Å². The molecule has 0 aromatic rings. The molecule has 0 aliphatic rings. The second-order valence-corrected chi connectivity index (χ2v) is 5.49. The summed E-state index contributed by atoms with van der Waals surface area (Å²) in [5, 5.41) is 0. The number of rotatable bonds is 17. The van der Waals surface area contributed by atoms with Gasteiger partial charge in [-0.3, -0.25) is 0 Å². The second kappa shape index (κ2) is 19.2. The molecule has 3 heteroatoms. The molecule has 0 atom stereocenters. The summed E-state index contributed by atoms with van der Waals surface area (Å²) < 4.78 is 10.7. The molecular weight excluding hydrogens is 264 g/mol. The molecule has 0 unspecified atom stereocenters. The zero-order valence-corrected chi connectivity index (χ0v) is 13.9. The number of hydrogen-bond acceptors (Lipinski definition) is 3. The van der Waals surface area contributed by atoms with Gasteiger partial charge in [0, 0.05) is 6.42 Å². The van der Waals surface area contributed by atoms with Crippen molar-refractivity contribution in [3.05, 3.63) is 12.3 Å². The lowest BCUT2D eigenvalue weighted by Crippen LogP contribution is -1.97. The topological polar surface area (TPSA) is 35.5 Å². The lowest BCUT2D eigenvalue weighted by molar-refractivity contribution is -0.107. The lowest BCUT2D eigenvalue weighted by Gasteiger charge is -2.03. The Morgan fingerprint density at radius 1 is 0.810 bits per heavy atom. The molecule has 3 nitrogen and oxygen atoms in total. The van der Waals surface area contributed by atoms with Gasteiger partial charge in [-0.2, -0.15) is 0 Å². The van der Waals surface area contributed by atoms with Gasteiger partial charge in [-0.25, -0.2) is 0 Å². The number of carbonyl (C=O) groups is 1. The van der Waals surface area contributed by atoms with Gasteiger partial charge in [0.05, 0.1) is 12.9 Å². The van der Waals surface area contributed by atoms with E-state index in [0.717, 1.165) is 38.6 Å². The van der Waals surface area contributed by atoms with Crippen molar-refractivity contribution in [1.29, 1.82) is 0 Å². The van der Waals surface area contributed by atoms with Gasteiger partial charge >= 0.3 is 0 Å². The minimum absolute atomic E-state index is 0.374. The Morgan fingerprint density at radius 3 is 2.19 bits per heavy atom. The van der Waals surface area contributed by atoms with Crippen LogP contribution in [0.1, 0.15) is 84.0 Å². The van der Waals surface area contributed by atoms with Crippen molar-refractivity contribution >= 4 is 6.29 Å². The summed E-state index contributed by atoms with van der Waals surface area (Å²) >= 11 is 0. The van der Waals surface area contributed by atoms with Crippen molar-refractivity contribution in [2.75, 3.05) is 13.4 Å². The van der Waals surface area contributed by atoms with E-state index in [1.54, 1.807) is 6.26 Å². The van der Waals surface area contributed by atoms with Crippen LogP contribution in [0.4, 0.5) is 0 Å². The Morgan fingerprint density at radius 2 is 1.48 bits per heavy atom. The van der Waals surface area contributed by atoms with E-state index in [0.29, 0.717) is 6.79 Å². The molecule has 124 valence electrons. The summed E-state index contributed by atoms with van der Waals surface area (Å²) in [6, 6.07) is 0. The van der Waals surface area contributed by atoms with Crippen LogP contribution in [0.3, 0.4) is 0 Å². The highest BCUT2D eigenvalue weighted by molar-refractivity contribution is 5.48. The number of unbranched alkanes of at least 4 members (excludes halogenated alkanes) is 10. The molecule has 0 aromatic heterocycles. The SMILES string of the molecule is CCCCCCOCOC=CCCCCCCCCC=O. The van der Waals surface area contributed by atoms with Crippen molar-refractivity contribution < 1.29 is 14.3 Å². The number of allylic oxidation sites excluding steroid dienone is 1. The summed E-state index contributed by atoms with van der Waals surface area (Å²) in [4.78, 5) is 10.1. The third-order valence-corrected chi connectivity index (χ3v) is 3.43. The molecule has 0 saturated carbocycles. The van der Waals surface area contributed by atoms with Crippen molar-refractivity contribution in [3.8, 4) is 0 Å². The molecule has 0 aliphatic heterocycles. The van der Waals surface area contributed by atoms with Gasteiger partial charge in [0.15, 0.2) is 6.79 Å². The Kier molecular flexibility index (Phi) is 18.4. The average Bonchev–Trinajstić information content (AvgIpc) is 2.50. The van der Waals surface area contributed by atoms with E-state index in [9.17, 15) is 4.79 Å². The van der Waals surface area contributed by atoms with E-state index in [2.05, 4.69) is 13.0 Å². The minimum atomic E-state index is 0.374. The molecule has 0 amide bonds. The van der Waals surface area contributed by atoms with E-state index < -0.39 is 0 Å². The quantitative estimate of drug-likeness (QED) is 0.156. The van der Waals surface area contributed by atoms with Crippen LogP contribution >= 0.6 is 0 Å². The van der Waals surface area contributed by atoms with Crippen LogP contribution in [0.2, 0.25) is 0 Å². The first kappa shape index (κ1) is 20.2. The highest BCUT2D eigenvalue weighted by atomic mass is 16.7. The van der Waals surface area contributed by atoms with Crippen LogP contribution in [0.25, 0.3) is 0 Å². The summed E-state index contributed by atoms with van der Waals surface area (Å²) in [6.07, 6.45) is 18.8.